The predicted octanol–water partition coefficient (Wildman–Crippen LogP) is 2.22. The van der Waals surface area contributed by atoms with Crippen LogP contribution in [0.1, 0.15) is 24.3 Å². The molecular formula is C16H21N3O. The first-order valence-electron chi connectivity index (χ1n) is 6.84. The van der Waals surface area contributed by atoms with Crippen molar-refractivity contribution < 1.29 is 5.11 Å². The molecule has 0 fully saturated rings. The molecule has 2 rings (SSSR count). The molecule has 20 heavy (non-hydrogen) atoms. The van der Waals surface area contributed by atoms with Crippen LogP contribution in [0, 0.1) is 0 Å². The minimum atomic E-state index is -0.515. The number of hydrogen-bond acceptors (Lipinski definition) is 4. The lowest BCUT2D eigenvalue weighted by atomic mass is 10.1. The standard InChI is InChI=1S/C16H21N3O/c1-2-19(11-15-5-3-4-10-18-15)12-16(20)13-6-8-14(17)9-7-13/h3-10,16,20H,2,11-12,17H2,1H3. The normalized spacial score (nSPS) is 12.6. The van der Waals surface area contributed by atoms with Crippen molar-refractivity contribution in [1.29, 1.82) is 0 Å². The first-order chi connectivity index (χ1) is 9.69. The average Bonchev–Trinajstić information content (AvgIpc) is 2.48. The summed E-state index contributed by atoms with van der Waals surface area (Å²) >= 11 is 0. The van der Waals surface area contributed by atoms with Crippen LogP contribution in [0.3, 0.4) is 0 Å². The number of aliphatic hydroxyl groups is 1. The number of benzene rings is 1. The van der Waals surface area contributed by atoms with Gasteiger partial charge in [0.25, 0.3) is 0 Å². The topological polar surface area (TPSA) is 62.4 Å². The van der Waals surface area contributed by atoms with Crippen LogP contribution in [-0.2, 0) is 6.54 Å². The van der Waals surface area contributed by atoms with Crippen LogP contribution in [0.15, 0.2) is 48.7 Å². The molecule has 0 bridgehead atoms. The van der Waals surface area contributed by atoms with Gasteiger partial charge in [0.1, 0.15) is 0 Å². The van der Waals surface area contributed by atoms with Crippen LogP contribution in [0.4, 0.5) is 5.69 Å². The number of aromatic nitrogens is 1. The quantitative estimate of drug-likeness (QED) is 0.791. The maximum absolute atomic E-state index is 10.3. The molecule has 1 atom stereocenters. The molecule has 0 radical (unpaired) electrons. The van der Waals surface area contributed by atoms with Gasteiger partial charge in [-0.3, -0.25) is 9.88 Å². The lowest BCUT2D eigenvalue weighted by Crippen LogP contribution is -2.28. The summed E-state index contributed by atoms with van der Waals surface area (Å²) in [6, 6.07) is 13.2. The van der Waals surface area contributed by atoms with Gasteiger partial charge in [-0.2, -0.15) is 0 Å². The van der Waals surface area contributed by atoms with E-state index in [2.05, 4.69) is 16.8 Å². The lowest BCUT2D eigenvalue weighted by Gasteiger charge is -2.23. The van der Waals surface area contributed by atoms with Gasteiger partial charge in [0.05, 0.1) is 11.8 Å². The Morgan fingerprint density at radius 2 is 1.95 bits per heavy atom. The molecule has 1 unspecified atom stereocenters. The second kappa shape index (κ2) is 7.03. The van der Waals surface area contributed by atoms with Crippen molar-refractivity contribution in [3.63, 3.8) is 0 Å². The SMILES string of the molecule is CCN(Cc1ccccn1)CC(O)c1ccc(N)cc1. The van der Waals surface area contributed by atoms with Crippen LogP contribution in [0.5, 0.6) is 0 Å². The van der Waals surface area contributed by atoms with Crippen molar-refractivity contribution in [3.05, 3.63) is 59.9 Å². The van der Waals surface area contributed by atoms with E-state index in [0.717, 1.165) is 24.3 Å². The molecule has 0 aliphatic carbocycles. The number of nitrogens with zero attached hydrogens (tertiary/aromatic N) is 2. The van der Waals surface area contributed by atoms with Crippen molar-refractivity contribution in [2.24, 2.45) is 0 Å². The Morgan fingerprint density at radius 3 is 2.55 bits per heavy atom. The molecule has 0 saturated heterocycles. The molecule has 106 valence electrons. The summed E-state index contributed by atoms with van der Waals surface area (Å²) in [4.78, 5) is 6.49. The molecular weight excluding hydrogens is 250 g/mol. The van der Waals surface area contributed by atoms with Crippen LogP contribution in [0.2, 0.25) is 0 Å². The molecule has 0 amide bonds. The Bertz CT molecular complexity index is 513. The average molecular weight is 271 g/mol. The third-order valence-corrected chi connectivity index (χ3v) is 3.31. The number of aliphatic hydroxyl groups excluding tert-OH is 1. The minimum Gasteiger partial charge on any atom is -0.399 e. The fraction of sp³-hybridized carbons (Fsp3) is 0.312. The van der Waals surface area contributed by atoms with Crippen molar-refractivity contribution in [1.82, 2.24) is 9.88 Å². The van der Waals surface area contributed by atoms with Crippen molar-refractivity contribution in [3.8, 4) is 0 Å². The van der Waals surface area contributed by atoms with Gasteiger partial charge in [0.15, 0.2) is 0 Å². The molecule has 1 aromatic heterocycles. The smallest absolute Gasteiger partial charge is 0.0917 e. The molecule has 4 nitrogen and oxygen atoms in total. The maximum Gasteiger partial charge on any atom is 0.0917 e. The number of nitrogens with two attached hydrogens (primary N) is 1. The molecule has 0 aliphatic rings. The van der Waals surface area contributed by atoms with Gasteiger partial charge in [-0.25, -0.2) is 0 Å². The molecule has 0 aliphatic heterocycles. The Labute approximate surface area is 119 Å². The van der Waals surface area contributed by atoms with E-state index in [1.807, 2.05) is 42.5 Å². The van der Waals surface area contributed by atoms with Crippen LogP contribution in [-0.4, -0.2) is 28.1 Å². The molecule has 1 heterocycles. The van der Waals surface area contributed by atoms with Crippen LogP contribution in [0.25, 0.3) is 0 Å². The Balaban J connectivity index is 1.97. The zero-order valence-electron chi connectivity index (χ0n) is 11.7. The van der Waals surface area contributed by atoms with Crippen molar-refractivity contribution in [2.45, 2.75) is 19.6 Å². The molecule has 0 saturated carbocycles. The van der Waals surface area contributed by atoms with Crippen LogP contribution < -0.4 is 5.73 Å². The van der Waals surface area contributed by atoms with Crippen LogP contribution >= 0.6 is 0 Å². The second-order valence-corrected chi connectivity index (χ2v) is 4.83. The minimum absolute atomic E-state index is 0.515. The van der Waals surface area contributed by atoms with Gasteiger partial charge in [0, 0.05) is 25.0 Å². The summed E-state index contributed by atoms with van der Waals surface area (Å²) < 4.78 is 0. The highest BCUT2D eigenvalue weighted by atomic mass is 16.3. The van der Waals surface area contributed by atoms with Gasteiger partial charge in [-0.15, -0.1) is 0 Å². The fourth-order valence-electron chi connectivity index (χ4n) is 2.09. The fourth-order valence-corrected chi connectivity index (χ4v) is 2.09. The van der Waals surface area contributed by atoms with Gasteiger partial charge in [-0.1, -0.05) is 25.1 Å². The van der Waals surface area contributed by atoms with E-state index in [1.165, 1.54) is 0 Å². The van der Waals surface area contributed by atoms with Gasteiger partial charge >= 0.3 is 0 Å². The monoisotopic (exact) mass is 271 g/mol. The Morgan fingerprint density at radius 1 is 1.20 bits per heavy atom. The summed E-state index contributed by atoms with van der Waals surface area (Å²) in [5.74, 6) is 0. The first-order valence-corrected chi connectivity index (χ1v) is 6.84. The zero-order chi connectivity index (χ0) is 14.4. The summed E-state index contributed by atoms with van der Waals surface area (Å²) in [5, 5.41) is 10.3. The molecule has 1 aromatic carbocycles. The summed E-state index contributed by atoms with van der Waals surface area (Å²) in [7, 11) is 0. The van der Waals surface area contributed by atoms with E-state index < -0.39 is 6.10 Å². The molecule has 3 N–H and O–H groups in total. The highest BCUT2D eigenvalue weighted by Gasteiger charge is 2.13. The summed E-state index contributed by atoms with van der Waals surface area (Å²) in [6.07, 6.45) is 1.28. The number of nitrogen functional groups attached to an aromatic ring is 1. The highest BCUT2D eigenvalue weighted by molar-refractivity contribution is 5.39. The Hall–Kier alpha value is -1.91. The highest BCUT2D eigenvalue weighted by Crippen LogP contribution is 2.16. The zero-order valence-corrected chi connectivity index (χ0v) is 11.7. The number of pyridine rings is 1. The van der Waals surface area contributed by atoms with Gasteiger partial charge < -0.3 is 10.8 Å². The van der Waals surface area contributed by atoms with E-state index in [9.17, 15) is 5.11 Å². The third kappa shape index (κ3) is 4.05. The van der Waals surface area contributed by atoms with Crippen molar-refractivity contribution >= 4 is 5.69 Å². The van der Waals surface area contributed by atoms with E-state index in [-0.39, 0.29) is 0 Å². The largest absolute Gasteiger partial charge is 0.399 e. The van der Waals surface area contributed by atoms with E-state index in [0.29, 0.717) is 12.2 Å². The van der Waals surface area contributed by atoms with E-state index in [4.69, 9.17) is 5.73 Å². The van der Waals surface area contributed by atoms with E-state index >= 15 is 0 Å². The van der Waals surface area contributed by atoms with Gasteiger partial charge in [-0.05, 0) is 36.4 Å². The predicted molar refractivity (Wildman–Crippen MR) is 81.0 cm³/mol. The number of likely N-dealkylation sites (N-methyl/N-ethyl adjacent to an activating group) is 1. The van der Waals surface area contributed by atoms with Gasteiger partial charge in [0.2, 0.25) is 0 Å². The maximum atomic E-state index is 10.3. The molecule has 4 heteroatoms. The molecule has 0 spiro atoms. The lowest BCUT2D eigenvalue weighted by molar-refractivity contribution is 0.111. The summed E-state index contributed by atoms with van der Waals surface area (Å²) in [5.41, 5.74) is 8.27. The van der Waals surface area contributed by atoms with Crippen molar-refractivity contribution in [2.75, 3.05) is 18.8 Å². The first kappa shape index (κ1) is 14.5. The summed E-state index contributed by atoms with van der Waals surface area (Å²) in [6.45, 7) is 4.27. The second-order valence-electron chi connectivity index (χ2n) is 4.83. The van der Waals surface area contributed by atoms with E-state index in [1.54, 1.807) is 6.20 Å². The third-order valence-electron chi connectivity index (χ3n) is 3.31. The Kier molecular flexibility index (Phi) is 5.09. The number of rotatable bonds is 6. The number of hydrogen-bond donors (Lipinski definition) is 2. The molecule has 2 aromatic rings. The number of anilines is 1.